The number of hydrogen-bond donors (Lipinski definition) is 0. The molecule has 0 bridgehead atoms. The topological polar surface area (TPSA) is 50.5 Å². The van der Waals surface area contributed by atoms with E-state index in [0.717, 1.165) is 12.0 Å². The van der Waals surface area contributed by atoms with E-state index in [4.69, 9.17) is 4.42 Å². The van der Waals surface area contributed by atoms with Gasteiger partial charge in [0, 0.05) is 18.0 Å². The average molecular weight is 329 g/mol. The van der Waals surface area contributed by atoms with Crippen LogP contribution in [0.25, 0.3) is 10.8 Å². The van der Waals surface area contributed by atoms with Gasteiger partial charge in [-0.05, 0) is 53.1 Å². The fourth-order valence-corrected chi connectivity index (χ4v) is 3.74. The van der Waals surface area contributed by atoms with Gasteiger partial charge in [-0.15, -0.1) is 11.3 Å². The van der Waals surface area contributed by atoms with Gasteiger partial charge in [0.2, 0.25) is 0 Å². The number of benzene rings is 1. The Kier molecular flexibility index (Phi) is 3.27. The number of thiophene rings is 1. The average Bonchev–Trinajstić information content (AvgIpc) is 3.01. The van der Waals surface area contributed by atoms with E-state index in [-0.39, 0.29) is 17.1 Å². The monoisotopic (exact) mass is 329 g/mol. The minimum Gasteiger partial charge on any atom is -0.417 e. The second-order valence-corrected chi connectivity index (χ2v) is 6.48. The fraction of sp³-hybridized carbons (Fsp3) is 0.176. The number of nitrogens with zero attached hydrogens (tertiary/aromatic N) is 1. The van der Waals surface area contributed by atoms with Crippen molar-refractivity contribution in [3.05, 3.63) is 68.2 Å². The highest BCUT2D eigenvalue weighted by atomic mass is 32.1. The van der Waals surface area contributed by atoms with Crippen molar-refractivity contribution in [2.75, 3.05) is 6.54 Å². The first kappa shape index (κ1) is 14.1. The summed E-state index contributed by atoms with van der Waals surface area (Å²) < 4.78 is 18.5. The fourth-order valence-electron chi connectivity index (χ4n) is 2.85. The minimum atomic E-state index is -0.626. The number of rotatable bonds is 1. The Balaban J connectivity index is 1.72. The van der Waals surface area contributed by atoms with Crippen LogP contribution in [-0.4, -0.2) is 17.4 Å². The van der Waals surface area contributed by atoms with Crippen LogP contribution in [0.5, 0.6) is 0 Å². The van der Waals surface area contributed by atoms with E-state index in [1.807, 2.05) is 11.4 Å². The molecule has 4 rings (SSSR count). The van der Waals surface area contributed by atoms with Crippen molar-refractivity contribution in [1.82, 2.24) is 4.90 Å². The first-order valence-electron chi connectivity index (χ1n) is 7.20. The van der Waals surface area contributed by atoms with Crippen LogP contribution in [0.3, 0.4) is 0 Å². The Hall–Kier alpha value is -2.47. The summed E-state index contributed by atoms with van der Waals surface area (Å²) in [6.45, 7) is 1.08. The van der Waals surface area contributed by atoms with Crippen molar-refractivity contribution in [3.63, 3.8) is 0 Å². The van der Waals surface area contributed by atoms with E-state index < -0.39 is 11.4 Å². The van der Waals surface area contributed by atoms with Crippen molar-refractivity contribution < 1.29 is 13.6 Å². The highest BCUT2D eigenvalue weighted by molar-refractivity contribution is 7.10. The van der Waals surface area contributed by atoms with Gasteiger partial charge in [0.25, 0.3) is 5.91 Å². The van der Waals surface area contributed by atoms with Gasteiger partial charge in [-0.2, -0.15) is 0 Å². The molecule has 1 aromatic carbocycles. The lowest BCUT2D eigenvalue weighted by Gasteiger charge is -2.26. The van der Waals surface area contributed by atoms with E-state index >= 15 is 0 Å². The maximum Gasteiger partial charge on any atom is 0.344 e. The summed E-state index contributed by atoms with van der Waals surface area (Å²) >= 11 is 1.69. The molecule has 1 aliphatic heterocycles. The van der Waals surface area contributed by atoms with Crippen LogP contribution < -0.4 is 5.63 Å². The normalized spacial score (nSPS) is 14.0. The van der Waals surface area contributed by atoms with Gasteiger partial charge < -0.3 is 9.32 Å². The molecule has 0 N–H and O–H groups in total. The minimum absolute atomic E-state index is 0.0493. The summed E-state index contributed by atoms with van der Waals surface area (Å²) in [5.41, 5.74) is 0.503. The van der Waals surface area contributed by atoms with Gasteiger partial charge in [-0.3, -0.25) is 4.79 Å². The molecule has 3 aromatic rings. The Morgan fingerprint density at radius 1 is 1.26 bits per heavy atom. The molecular formula is C17H12FNO3S. The molecule has 0 aliphatic carbocycles. The lowest BCUT2D eigenvalue weighted by Crippen LogP contribution is -2.35. The number of carbonyl (C=O) groups is 1. The Labute approximate surface area is 134 Å². The molecule has 2 aromatic heterocycles. The molecule has 0 unspecified atom stereocenters. The van der Waals surface area contributed by atoms with E-state index in [2.05, 4.69) is 0 Å². The Bertz CT molecular complexity index is 975. The summed E-state index contributed by atoms with van der Waals surface area (Å²) in [5.74, 6) is -0.848. The summed E-state index contributed by atoms with van der Waals surface area (Å²) in [4.78, 5) is 27.6. The maximum atomic E-state index is 13.4. The van der Waals surface area contributed by atoms with Gasteiger partial charge in [-0.25, -0.2) is 9.18 Å². The predicted octanol–water partition coefficient (Wildman–Crippen LogP) is 3.19. The summed E-state index contributed by atoms with van der Waals surface area (Å²) in [6, 6.07) is 7.24. The number of carbonyl (C=O) groups excluding carboxylic acids is 1. The highest BCUT2D eigenvalue weighted by Gasteiger charge is 2.24. The number of halogens is 1. The second kappa shape index (κ2) is 5.31. The van der Waals surface area contributed by atoms with Gasteiger partial charge in [-0.1, -0.05) is 0 Å². The molecule has 1 aliphatic rings. The second-order valence-electron chi connectivity index (χ2n) is 5.48. The summed E-state index contributed by atoms with van der Waals surface area (Å²) in [7, 11) is 0. The van der Waals surface area contributed by atoms with Crippen molar-refractivity contribution >= 4 is 28.0 Å². The zero-order valence-corrected chi connectivity index (χ0v) is 12.9. The van der Waals surface area contributed by atoms with Gasteiger partial charge in [0.1, 0.15) is 5.82 Å². The molecular weight excluding hydrogens is 317 g/mol. The van der Waals surface area contributed by atoms with E-state index in [9.17, 15) is 14.0 Å². The van der Waals surface area contributed by atoms with Crippen LogP contribution in [0.15, 0.2) is 44.9 Å². The number of amides is 1. The van der Waals surface area contributed by atoms with Crippen molar-refractivity contribution in [3.8, 4) is 0 Å². The van der Waals surface area contributed by atoms with Crippen LogP contribution in [0.1, 0.15) is 21.0 Å². The van der Waals surface area contributed by atoms with Crippen LogP contribution >= 0.6 is 11.3 Å². The quantitative estimate of drug-likeness (QED) is 0.689. The van der Waals surface area contributed by atoms with Crippen LogP contribution in [0.4, 0.5) is 4.39 Å². The molecule has 0 fully saturated rings. The van der Waals surface area contributed by atoms with Crippen molar-refractivity contribution in [1.29, 1.82) is 0 Å². The third-order valence-electron chi connectivity index (χ3n) is 4.03. The number of hydrogen-bond acceptors (Lipinski definition) is 4. The lowest BCUT2D eigenvalue weighted by molar-refractivity contribution is 0.0699. The zero-order valence-electron chi connectivity index (χ0n) is 12.0. The first-order chi connectivity index (χ1) is 11.1. The molecule has 0 saturated heterocycles. The Morgan fingerprint density at radius 2 is 2.13 bits per heavy atom. The van der Waals surface area contributed by atoms with Gasteiger partial charge in [0.05, 0.1) is 5.39 Å². The molecule has 0 saturated carbocycles. The van der Waals surface area contributed by atoms with E-state index in [1.54, 1.807) is 16.2 Å². The smallest absolute Gasteiger partial charge is 0.344 e. The van der Waals surface area contributed by atoms with E-state index in [1.165, 1.54) is 29.1 Å². The summed E-state index contributed by atoms with van der Waals surface area (Å²) in [6.07, 6.45) is 0.797. The van der Waals surface area contributed by atoms with Gasteiger partial charge in [0.15, 0.2) is 5.76 Å². The van der Waals surface area contributed by atoms with Crippen LogP contribution in [0, 0.1) is 5.82 Å². The predicted molar refractivity (Wildman–Crippen MR) is 85.2 cm³/mol. The Morgan fingerprint density at radius 3 is 3.00 bits per heavy atom. The number of fused-ring (bicyclic) bond motifs is 2. The SMILES string of the molecule is O=C(c1cc2cc(F)ccc2c(=O)o1)N1CCc2sccc2C1. The molecule has 116 valence electrons. The molecule has 0 radical (unpaired) electrons. The molecule has 0 atom stereocenters. The van der Waals surface area contributed by atoms with Gasteiger partial charge >= 0.3 is 5.63 Å². The zero-order chi connectivity index (χ0) is 16.0. The molecule has 6 heteroatoms. The molecule has 0 spiro atoms. The molecule has 23 heavy (non-hydrogen) atoms. The van der Waals surface area contributed by atoms with E-state index in [0.29, 0.717) is 18.5 Å². The van der Waals surface area contributed by atoms with Crippen molar-refractivity contribution in [2.24, 2.45) is 0 Å². The lowest BCUT2D eigenvalue weighted by atomic mass is 10.1. The van der Waals surface area contributed by atoms with Crippen LogP contribution in [-0.2, 0) is 13.0 Å². The largest absolute Gasteiger partial charge is 0.417 e. The van der Waals surface area contributed by atoms with Crippen molar-refractivity contribution in [2.45, 2.75) is 13.0 Å². The summed E-state index contributed by atoms with van der Waals surface area (Å²) in [5, 5.41) is 2.65. The molecule has 3 heterocycles. The third kappa shape index (κ3) is 2.45. The highest BCUT2D eigenvalue weighted by Crippen LogP contribution is 2.25. The van der Waals surface area contributed by atoms with Crippen LogP contribution in [0.2, 0.25) is 0 Å². The maximum absolute atomic E-state index is 13.4. The molecule has 1 amide bonds. The third-order valence-corrected chi connectivity index (χ3v) is 5.05. The standard InChI is InChI=1S/C17H12FNO3S/c18-12-1-2-13-11(7-12)8-14(22-17(13)21)16(20)19-5-3-15-10(9-19)4-6-23-15/h1-2,4,6-8H,3,5,9H2. The first-order valence-corrected chi connectivity index (χ1v) is 8.08. The molecule has 4 nitrogen and oxygen atoms in total.